The lowest BCUT2D eigenvalue weighted by Gasteiger charge is -2.12. The van der Waals surface area contributed by atoms with Gasteiger partial charge in [0.15, 0.2) is 12.9 Å². The summed E-state index contributed by atoms with van der Waals surface area (Å²) in [5, 5.41) is 0. The summed E-state index contributed by atoms with van der Waals surface area (Å²) >= 11 is 6.72. The van der Waals surface area contributed by atoms with Crippen molar-refractivity contribution in [2.75, 3.05) is 12.0 Å². The fourth-order valence-corrected chi connectivity index (χ4v) is 3.13. The molecule has 0 saturated heterocycles. The van der Waals surface area contributed by atoms with Crippen molar-refractivity contribution in [1.29, 1.82) is 0 Å². The summed E-state index contributed by atoms with van der Waals surface area (Å²) in [4.78, 5) is 22.9. The van der Waals surface area contributed by atoms with Gasteiger partial charge in [0.1, 0.15) is 5.75 Å². The van der Waals surface area contributed by atoms with E-state index in [1.54, 1.807) is 23.7 Å². The summed E-state index contributed by atoms with van der Waals surface area (Å²) in [6, 6.07) is 7.14. The molecule has 1 heterocycles. The normalized spacial score (nSPS) is 10.4. The van der Waals surface area contributed by atoms with Gasteiger partial charge in [0.05, 0.1) is 4.47 Å². The number of hydrogen-bond acceptors (Lipinski definition) is 3. The van der Waals surface area contributed by atoms with Gasteiger partial charge in [-0.15, -0.1) is 0 Å². The van der Waals surface area contributed by atoms with Crippen LogP contribution in [0.4, 0.5) is 0 Å². The zero-order chi connectivity index (χ0) is 16.3. The van der Waals surface area contributed by atoms with Gasteiger partial charge in [0.25, 0.3) is 5.91 Å². The number of aromatic nitrogens is 1. The van der Waals surface area contributed by atoms with Crippen LogP contribution in [0.25, 0.3) is 0 Å². The Hall–Kier alpha value is -1.60. The molecule has 1 amide bonds. The average Bonchev–Trinajstić information content (AvgIpc) is 2.74. The Bertz CT molecular complexity index is 726. The highest BCUT2D eigenvalue weighted by Gasteiger charge is 2.12. The Morgan fingerprint density at radius 2 is 2.05 bits per heavy atom. The van der Waals surface area contributed by atoms with Crippen molar-refractivity contribution >= 4 is 44.1 Å². The van der Waals surface area contributed by atoms with Crippen LogP contribution in [0.2, 0.25) is 0 Å². The molecule has 1 N–H and O–H groups in total. The number of aryl methyl sites for hydroxylation is 1. The Labute approximate surface area is 144 Å². The minimum Gasteiger partial charge on any atom is -0.483 e. The number of hydrogen-bond donors (Lipinski definition) is 1. The van der Waals surface area contributed by atoms with Crippen molar-refractivity contribution in [3.63, 3.8) is 0 Å². The number of nitrogens with zero attached hydrogens (tertiary/aromatic N) is 1. The Kier molecular flexibility index (Phi) is 5.42. The Balaban J connectivity index is 2.02. The van der Waals surface area contributed by atoms with E-state index in [-0.39, 0.29) is 12.5 Å². The van der Waals surface area contributed by atoms with Crippen LogP contribution < -0.4 is 10.2 Å². The van der Waals surface area contributed by atoms with E-state index >= 15 is 0 Å². The molecular weight excluding hydrogens is 416 g/mol. The van der Waals surface area contributed by atoms with Crippen LogP contribution in [-0.4, -0.2) is 23.5 Å². The maximum atomic E-state index is 12.0. The molecule has 0 radical (unpaired) electrons. The summed E-state index contributed by atoms with van der Waals surface area (Å²) in [6.45, 7) is 3.45. The number of benzene rings is 1. The standard InChI is InChI=1S/C15H14Br2N2O3/c1-9-5-11(7-20)10(2)19(9)18-15(21)8-22-14-4-3-12(16)6-13(14)17/h3-7H,8H2,1-2H3,(H,18,21). The summed E-state index contributed by atoms with van der Waals surface area (Å²) < 4.78 is 8.72. The van der Waals surface area contributed by atoms with Gasteiger partial charge in [-0.3, -0.25) is 19.7 Å². The highest BCUT2D eigenvalue weighted by atomic mass is 79.9. The number of aldehydes is 1. The molecule has 0 aliphatic heterocycles. The number of halogens is 2. The summed E-state index contributed by atoms with van der Waals surface area (Å²) in [6.07, 6.45) is 0.764. The van der Waals surface area contributed by atoms with Crippen molar-refractivity contribution < 1.29 is 14.3 Å². The van der Waals surface area contributed by atoms with Crippen LogP contribution in [-0.2, 0) is 4.79 Å². The van der Waals surface area contributed by atoms with E-state index in [9.17, 15) is 9.59 Å². The maximum Gasteiger partial charge on any atom is 0.276 e. The fourth-order valence-electron chi connectivity index (χ4n) is 1.97. The van der Waals surface area contributed by atoms with Gasteiger partial charge in [-0.1, -0.05) is 15.9 Å². The van der Waals surface area contributed by atoms with Gasteiger partial charge in [-0.2, -0.15) is 0 Å². The number of rotatable bonds is 5. The molecule has 5 nitrogen and oxygen atoms in total. The lowest BCUT2D eigenvalue weighted by atomic mass is 10.3. The third-order valence-corrected chi connectivity index (χ3v) is 4.20. The van der Waals surface area contributed by atoms with E-state index in [1.165, 1.54) is 0 Å². The van der Waals surface area contributed by atoms with Crippen LogP contribution in [0.3, 0.4) is 0 Å². The van der Waals surface area contributed by atoms with Crippen LogP contribution in [0.15, 0.2) is 33.2 Å². The van der Waals surface area contributed by atoms with E-state index in [0.717, 1.165) is 20.9 Å². The Morgan fingerprint density at radius 1 is 1.32 bits per heavy atom. The lowest BCUT2D eigenvalue weighted by Crippen LogP contribution is -2.29. The molecule has 2 rings (SSSR count). The molecule has 22 heavy (non-hydrogen) atoms. The second-order valence-corrected chi connectivity index (χ2v) is 6.45. The number of carbonyl (C=O) groups is 2. The largest absolute Gasteiger partial charge is 0.483 e. The van der Waals surface area contributed by atoms with E-state index in [1.807, 2.05) is 19.1 Å². The van der Waals surface area contributed by atoms with Crippen molar-refractivity contribution in [1.82, 2.24) is 4.68 Å². The number of amides is 1. The van der Waals surface area contributed by atoms with Crippen LogP contribution in [0, 0.1) is 13.8 Å². The zero-order valence-electron chi connectivity index (χ0n) is 12.0. The number of nitrogens with one attached hydrogen (secondary N) is 1. The van der Waals surface area contributed by atoms with E-state index in [2.05, 4.69) is 37.3 Å². The lowest BCUT2D eigenvalue weighted by molar-refractivity contribution is -0.119. The van der Waals surface area contributed by atoms with Crippen molar-refractivity contribution in [3.8, 4) is 5.75 Å². The SMILES string of the molecule is Cc1cc(C=O)c(C)n1NC(=O)COc1ccc(Br)cc1Br. The number of ether oxygens (including phenoxy) is 1. The Morgan fingerprint density at radius 3 is 2.64 bits per heavy atom. The van der Waals surface area contributed by atoms with Crippen molar-refractivity contribution in [2.24, 2.45) is 0 Å². The first kappa shape index (κ1) is 16.8. The van der Waals surface area contributed by atoms with Crippen LogP contribution >= 0.6 is 31.9 Å². The molecule has 0 atom stereocenters. The fraction of sp³-hybridized carbons (Fsp3) is 0.200. The molecule has 1 aromatic heterocycles. The minimum atomic E-state index is -0.311. The predicted octanol–water partition coefficient (Wildman–Crippen LogP) is 3.59. The second-order valence-electron chi connectivity index (χ2n) is 4.68. The molecule has 2 aromatic rings. The molecule has 116 valence electrons. The molecular formula is C15H14Br2N2O3. The van der Waals surface area contributed by atoms with Gasteiger partial charge >= 0.3 is 0 Å². The van der Waals surface area contributed by atoms with Crippen LogP contribution in [0.5, 0.6) is 5.75 Å². The third kappa shape index (κ3) is 3.78. The highest BCUT2D eigenvalue weighted by Crippen LogP contribution is 2.28. The monoisotopic (exact) mass is 428 g/mol. The van der Waals surface area contributed by atoms with Gasteiger partial charge in [0, 0.05) is 21.4 Å². The maximum absolute atomic E-state index is 12.0. The van der Waals surface area contributed by atoms with Gasteiger partial charge in [-0.25, -0.2) is 0 Å². The molecule has 0 fully saturated rings. The van der Waals surface area contributed by atoms with Crippen molar-refractivity contribution in [3.05, 3.63) is 50.2 Å². The summed E-state index contributed by atoms with van der Waals surface area (Å²) in [5.74, 6) is 0.266. The smallest absolute Gasteiger partial charge is 0.276 e. The summed E-state index contributed by atoms with van der Waals surface area (Å²) in [7, 11) is 0. The first-order chi connectivity index (χ1) is 10.4. The topological polar surface area (TPSA) is 60.3 Å². The average molecular weight is 430 g/mol. The quantitative estimate of drug-likeness (QED) is 0.738. The number of carbonyl (C=O) groups excluding carboxylic acids is 2. The first-order valence-electron chi connectivity index (χ1n) is 6.44. The van der Waals surface area contributed by atoms with Gasteiger partial charge in [0.2, 0.25) is 0 Å². The highest BCUT2D eigenvalue weighted by molar-refractivity contribution is 9.11. The van der Waals surface area contributed by atoms with Crippen molar-refractivity contribution in [2.45, 2.75) is 13.8 Å². The molecule has 0 unspecified atom stereocenters. The second kappa shape index (κ2) is 7.11. The molecule has 7 heteroatoms. The molecule has 0 bridgehead atoms. The summed E-state index contributed by atoms with van der Waals surface area (Å²) in [5.41, 5.74) is 4.72. The molecule has 0 spiro atoms. The van der Waals surface area contributed by atoms with Gasteiger partial charge in [-0.05, 0) is 54.0 Å². The zero-order valence-corrected chi connectivity index (χ0v) is 15.2. The predicted molar refractivity (Wildman–Crippen MR) is 91.0 cm³/mol. The van der Waals surface area contributed by atoms with Crippen LogP contribution in [0.1, 0.15) is 21.7 Å². The molecule has 1 aromatic carbocycles. The van der Waals surface area contributed by atoms with E-state index in [4.69, 9.17) is 4.74 Å². The molecule has 0 saturated carbocycles. The molecule has 0 aliphatic rings. The first-order valence-corrected chi connectivity index (χ1v) is 8.03. The van der Waals surface area contributed by atoms with Gasteiger partial charge < -0.3 is 4.74 Å². The van der Waals surface area contributed by atoms with E-state index in [0.29, 0.717) is 17.0 Å². The minimum absolute atomic E-state index is 0.131. The third-order valence-electron chi connectivity index (χ3n) is 3.09. The molecule has 0 aliphatic carbocycles. The van der Waals surface area contributed by atoms with E-state index < -0.39 is 0 Å².